The molecule has 0 radical (unpaired) electrons. The Hall–Kier alpha value is -1.33. The normalized spacial score (nSPS) is 22.8. The fourth-order valence-electron chi connectivity index (χ4n) is 7.85. The Bertz CT molecular complexity index is 1400. The van der Waals surface area contributed by atoms with Crippen molar-refractivity contribution in [2.24, 2.45) is 5.41 Å². The summed E-state index contributed by atoms with van der Waals surface area (Å²) >= 11 is 1.68. The van der Waals surface area contributed by atoms with E-state index >= 15 is 0 Å². The molecule has 234 valence electrons. The molecule has 7 rings (SSSR count). The number of benzene rings is 2. The Kier molecular flexibility index (Phi) is 9.31. The second-order valence-corrected chi connectivity index (χ2v) is 19.6. The maximum absolute atomic E-state index is 3.16. The average molecular weight is 666 g/mol. The average Bonchev–Trinajstić information content (AvgIpc) is 3.70. The van der Waals surface area contributed by atoms with Gasteiger partial charge >= 0.3 is 53.1 Å². The Morgan fingerprint density at radius 3 is 1.64 bits per heavy atom. The molecule has 2 aromatic rings. The minimum absolute atomic E-state index is 0.165. The second-order valence-electron chi connectivity index (χ2n) is 17.8. The molecule has 0 unspecified atom stereocenters. The first-order valence-electron chi connectivity index (χ1n) is 17.4. The van der Waals surface area contributed by atoms with Crippen molar-refractivity contribution in [2.45, 2.75) is 156 Å². The molecule has 1 saturated carbocycles. The molecule has 0 bridgehead atoms. The van der Waals surface area contributed by atoms with Crippen LogP contribution in [0.15, 0.2) is 42.0 Å². The van der Waals surface area contributed by atoms with E-state index < -0.39 is 0 Å². The second kappa shape index (κ2) is 12.0. The van der Waals surface area contributed by atoms with Gasteiger partial charge in [0.25, 0.3) is 0 Å². The Labute approximate surface area is 285 Å². The summed E-state index contributed by atoms with van der Waals surface area (Å²) in [6.45, 7) is 26.0. The van der Waals surface area contributed by atoms with Crippen molar-refractivity contribution >= 4 is 3.21 Å². The fourth-order valence-corrected chi connectivity index (χ4v) is 8.72. The number of hydrogen-bond acceptors (Lipinski definition) is 0. The van der Waals surface area contributed by atoms with Gasteiger partial charge in [-0.15, -0.1) is 11.8 Å². The summed E-state index contributed by atoms with van der Waals surface area (Å²) < 4.78 is 1.79. The van der Waals surface area contributed by atoms with Gasteiger partial charge in [0.15, 0.2) is 0 Å². The van der Waals surface area contributed by atoms with Crippen LogP contribution in [-0.2, 0) is 52.3 Å². The first kappa shape index (κ1) is 34.0. The molecule has 5 aliphatic rings. The molecular weight excluding hydrogens is 608 g/mol. The molecule has 0 nitrogen and oxygen atoms in total. The van der Waals surface area contributed by atoms with Crippen LogP contribution in [0.3, 0.4) is 0 Å². The van der Waals surface area contributed by atoms with Crippen molar-refractivity contribution in [3.8, 4) is 11.1 Å². The summed E-state index contributed by atoms with van der Waals surface area (Å²) in [5, 5.41) is 0. The maximum atomic E-state index is 3.16. The van der Waals surface area contributed by atoms with Crippen molar-refractivity contribution in [3.05, 3.63) is 87.9 Å². The monoisotopic (exact) mass is 664 g/mol. The molecule has 0 heterocycles. The van der Waals surface area contributed by atoms with Crippen LogP contribution in [-0.4, -0.2) is 3.21 Å². The Morgan fingerprint density at radius 1 is 0.705 bits per heavy atom. The van der Waals surface area contributed by atoms with Gasteiger partial charge in [0.2, 0.25) is 0 Å². The van der Waals surface area contributed by atoms with Gasteiger partial charge in [-0.3, -0.25) is 6.08 Å². The van der Waals surface area contributed by atoms with E-state index in [0.717, 1.165) is 19.3 Å². The minimum atomic E-state index is 0.165. The summed E-state index contributed by atoms with van der Waals surface area (Å²) in [6.07, 6.45) is 21.7. The van der Waals surface area contributed by atoms with E-state index in [4.69, 9.17) is 0 Å². The Balaban J connectivity index is 0.000000209. The van der Waals surface area contributed by atoms with Crippen molar-refractivity contribution in [1.82, 2.24) is 0 Å². The van der Waals surface area contributed by atoms with E-state index in [0.29, 0.717) is 5.41 Å². The van der Waals surface area contributed by atoms with Crippen LogP contribution in [0.4, 0.5) is 0 Å². The molecule has 2 aromatic carbocycles. The molecule has 44 heavy (non-hydrogen) atoms. The van der Waals surface area contributed by atoms with Gasteiger partial charge in [0.05, 0.1) is 0 Å². The van der Waals surface area contributed by atoms with Crippen LogP contribution in [0.5, 0.6) is 0 Å². The van der Waals surface area contributed by atoms with Crippen LogP contribution in [0.25, 0.3) is 11.1 Å². The van der Waals surface area contributed by atoms with Crippen LogP contribution in [0.1, 0.15) is 161 Å². The summed E-state index contributed by atoms with van der Waals surface area (Å²) in [4.78, 5) is 0. The van der Waals surface area contributed by atoms with E-state index in [9.17, 15) is 0 Å². The van der Waals surface area contributed by atoms with Gasteiger partial charge in [-0.2, -0.15) is 18.1 Å². The summed E-state index contributed by atoms with van der Waals surface area (Å²) in [5.41, 5.74) is 15.1. The third-order valence-electron chi connectivity index (χ3n) is 11.3. The summed E-state index contributed by atoms with van der Waals surface area (Å²) in [6, 6.07) is 10.3. The topological polar surface area (TPSA) is 0 Å². The molecule has 0 aliphatic heterocycles. The third-order valence-corrected chi connectivity index (χ3v) is 12.5. The van der Waals surface area contributed by atoms with Gasteiger partial charge < -0.3 is 6.42 Å². The molecule has 0 saturated heterocycles. The van der Waals surface area contributed by atoms with E-state index in [1.807, 2.05) is 0 Å². The molecule has 0 aromatic heterocycles. The Morgan fingerprint density at radius 2 is 1.20 bits per heavy atom. The van der Waals surface area contributed by atoms with Gasteiger partial charge in [-0.1, -0.05) is 111 Å². The van der Waals surface area contributed by atoms with Crippen molar-refractivity contribution in [3.63, 3.8) is 0 Å². The van der Waals surface area contributed by atoms with Crippen LogP contribution < -0.4 is 0 Å². The predicted molar refractivity (Wildman–Crippen MR) is 188 cm³/mol. The molecule has 0 atom stereocenters. The SMILES string of the molecule is CC(C)(C)C1=CC[C-]=C1.CC1(C)[CH-]CC(C)(C)c2cc3c(cc21)Cc1cc2c(cc1-3)C(C)(C)CCC2(C)C.[Zr+2]=[C]1CCCC1. The van der Waals surface area contributed by atoms with Gasteiger partial charge in [-0.25, -0.2) is 6.08 Å². The molecular formula is C43H58Zr. The molecule has 5 aliphatic carbocycles. The zero-order chi connectivity index (χ0) is 32.3. The van der Waals surface area contributed by atoms with Gasteiger partial charge in [0, 0.05) is 0 Å². The standard InChI is InChI=1S/C29H37.C9H13.C5H8.Zr/c1-26(2)9-11-28(5,6)24-16-20-18(14-22(24)26)13-19-15-23-25(17-21(19)20)29(7,8)12-10-27(23,3)4;1-9(2,3)8-6-4-5-7-8;1-2-4-5-3-1;/h9,14-17H,10-13H2,1-8H3;6-7H,4H2,1-3H3;1-4H2;/q2*-1;;+2. The first-order valence-corrected chi connectivity index (χ1v) is 18.6. The quantitative estimate of drug-likeness (QED) is 0.210. The molecule has 1 heteroatoms. The van der Waals surface area contributed by atoms with Crippen molar-refractivity contribution < 1.29 is 24.2 Å². The van der Waals surface area contributed by atoms with Crippen LogP contribution in [0, 0.1) is 17.9 Å². The number of fused-ring (bicyclic) bond motifs is 5. The van der Waals surface area contributed by atoms with Crippen LogP contribution >= 0.6 is 0 Å². The predicted octanol–water partition coefficient (Wildman–Crippen LogP) is 11.8. The fraction of sp³-hybridized carbons (Fsp3) is 0.581. The summed E-state index contributed by atoms with van der Waals surface area (Å²) in [5.74, 6) is 0. The molecule has 0 amide bonds. The molecule has 0 spiro atoms. The number of rotatable bonds is 0. The zero-order valence-electron chi connectivity index (χ0n) is 29.9. The molecule has 1 fully saturated rings. The van der Waals surface area contributed by atoms with E-state index in [-0.39, 0.29) is 21.7 Å². The first-order chi connectivity index (χ1) is 20.3. The van der Waals surface area contributed by atoms with Crippen LogP contribution in [0.2, 0.25) is 0 Å². The molecule has 0 N–H and O–H groups in total. The number of allylic oxidation sites excluding steroid dienone is 4. The van der Waals surface area contributed by atoms with Crippen molar-refractivity contribution in [1.29, 1.82) is 0 Å². The van der Waals surface area contributed by atoms with E-state index in [1.54, 1.807) is 55.3 Å². The van der Waals surface area contributed by atoms with Gasteiger partial charge in [0.1, 0.15) is 0 Å². The van der Waals surface area contributed by atoms with Gasteiger partial charge in [-0.05, 0) is 74.5 Å². The third kappa shape index (κ3) is 6.85. The number of hydrogen-bond donors (Lipinski definition) is 0. The van der Waals surface area contributed by atoms with Crippen molar-refractivity contribution in [2.75, 3.05) is 0 Å². The summed E-state index contributed by atoms with van der Waals surface area (Å²) in [7, 11) is 0. The van der Waals surface area contributed by atoms with E-state index in [1.165, 1.54) is 60.8 Å². The zero-order valence-corrected chi connectivity index (χ0v) is 32.4. The van der Waals surface area contributed by atoms with E-state index in [2.05, 4.69) is 125 Å².